The van der Waals surface area contributed by atoms with E-state index in [1.54, 1.807) is 0 Å². The Morgan fingerprint density at radius 1 is 1.11 bits per heavy atom. The summed E-state index contributed by atoms with van der Waals surface area (Å²) in [5, 5.41) is 3.44. The van der Waals surface area contributed by atoms with Gasteiger partial charge in [0, 0.05) is 19.1 Å². The molecule has 2 aliphatic heterocycles. The molecule has 0 bridgehead atoms. The molecule has 0 unspecified atom stereocenters. The predicted molar refractivity (Wildman–Crippen MR) is 73.8 cm³/mol. The van der Waals surface area contributed by atoms with E-state index >= 15 is 0 Å². The third kappa shape index (κ3) is 2.59. The highest BCUT2D eigenvalue weighted by atomic mass is 16.5. The quantitative estimate of drug-likeness (QED) is 0.814. The summed E-state index contributed by atoms with van der Waals surface area (Å²) in [7, 11) is 0. The Kier molecular flexibility index (Phi) is 3.20. The molecule has 2 saturated heterocycles. The number of nitrogens with zero attached hydrogens (tertiary/aromatic N) is 1. The summed E-state index contributed by atoms with van der Waals surface area (Å²) in [6.45, 7) is 11.6. The number of likely N-dealkylation sites (tertiary alicyclic amines) is 1. The fourth-order valence-corrected chi connectivity index (χ4v) is 3.63. The number of nitrogens with one attached hydrogen (secondary N) is 1. The zero-order valence-corrected chi connectivity index (χ0v) is 12.2. The van der Waals surface area contributed by atoms with Crippen molar-refractivity contribution in [3.8, 4) is 0 Å². The molecule has 1 saturated carbocycles. The highest BCUT2D eigenvalue weighted by Gasteiger charge is 2.43. The monoisotopic (exact) mass is 252 g/mol. The summed E-state index contributed by atoms with van der Waals surface area (Å²) < 4.78 is 6.03. The molecule has 3 nitrogen and oxygen atoms in total. The van der Waals surface area contributed by atoms with Gasteiger partial charge in [-0.25, -0.2) is 0 Å². The van der Waals surface area contributed by atoms with Gasteiger partial charge in [-0.05, 0) is 65.0 Å². The van der Waals surface area contributed by atoms with Crippen LogP contribution in [0, 0.1) is 5.41 Å². The van der Waals surface area contributed by atoms with Crippen molar-refractivity contribution in [2.75, 3.05) is 26.2 Å². The molecule has 2 heterocycles. The molecule has 0 amide bonds. The lowest BCUT2D eigenvalue weighted by Gasteiger charge is -2.52. The van der Waals surface area contributed by atoms with Gasteiger partial charge in [0.2, 0.25) is 0 Å². The van der Waals surface area contributed by atoms with Crippen molar-refractivity contribution in [1.82, 2.24) is 10.2 Å². The first kappa shape index (κ1) is 12.9. The van der Waals surface area contributed by atoms with Gasteiger partial charge in [-0.2, -0.15) is 0 Å². The van der Waals surface area contributed by atoms with Crippen LogP contribution in [0.5, 0.6) is 0 Å². The molecular formula is C15H28N2O. The molecule has 3 heteroatoms. The van der Waals surface area contributed by atoms with Crippen LogP contribution in [0.3, 0.4) is 0 Å². The highest BCUT2D eigenvalue weighted by Crippen LogP contribution is 2.39. The molecule has 18 heavy (non-hydrogen) atoms. The minimum Gasteiger partial charge on any atom is -0.373 e. The third-order valence-electron chi connectivity index (χ3n) is 4.97. The number of piperidine rings is 1. The van der Waals surface area contributed by atoms with E-state index in [1.807, 2.05) is 0 Å². The summed E-state index contributed by atoms with van der Waals surface area (Å²) in [4.78, 5) is 2.71. The second kappa shape index (κ2) is 4.46. The van der Waals surface area contributed by atoms with Gasteiger partial charge in [-0.3, -0.25) is 0 Å². The first-order chi connectivity index (χ1) is 8.46. The van der Waals surface area contributed by atoms with Crippen LogP contribution in [0.1, 0.15) is 46.5 Å². The molecule has 0 aromatic carbocycles. The van der Waals surface area contributed by atoms with E-state index in [2.05, 4.69) is 31.0 Å². The molecule has 1 aliphatic carbocycles. The van der Waals surface area contributed by atoms with Gasteiger partial charge in [0.1, 0.15) is 0 Å². The fraction of sp³-hybridized carbons (Fsp3) is 1.00. The van der Waals surface area contributed by atoms with Gasteiger partial charge >= 0.3 is 0 Å². The van der Waals surface area contributed by atoms with Gasteiger partial charge in [-0.1, -0.05) is 0 Å². The van der Waals surface area contributed by atoms with Crippen LogP contribution in [-0.2, 0) is 4.74 Å². The van der Waals surface area contributed by atoms with Crippen LogP contribution < -0.4 is 5.32 Å². The number of ether oxygens (including phenoxy) is 1. The van der Waals surface area contributed by atoms with E-state index in [9.17, 15) is 0 Å². The third-order valence-corrected chi connectivity index (χ3v) is 4.97. The topological polar surface area (TPSA) is 24.5 Å². The average Bonchev–Trinajstić information content (AvgIpc) is 2.20. The van der Waals surface area contributed by atoms with E-state index < -0.39 is 0 Å². The lowest BCUT2D eigenvalue weighted by atomic mass is 9.72. The first-order valence-electron chi connectivity index (χ1n) is 7.58. The summed E-state index contributed by atoms with van der Waals surface area (Å²) in [6, 6.07) is 0.808. The highest BCUT2D eigenvalue weighted by molar-refractivity contribution is 4.99. The van der Waals surface area contributed by atoms with Crippen molar-refractivity contribution >= 4 is 0 Å². The Bertz CT molecular complexity index is 290. The van der Waals surface area contributed by atoms with Crippen molar-refractivity contribution in [2.24, 2.45) is 5.41 Å². The number of hydrogen-bond donors (Lipinski definition) is 1. The molecule has 3 rings (SSSR count). The first-order valence-corrected chi connectivity index (χ1v) is 7.58. The van der Waals surface area contributed by atoms with E-state index in [4.69, 9.17) is 4.74 Å². The lowest BCUT2D eigenvalue weighted by molar-refractivity contribution is -0.126. The van der Waals surface area contributed by atoms with Gasteiger partial charge in [0.25, 0.3) is 0 Å². The summed E-state index contributed by atoms with van der Waals surface area (Å²) in [6.07, 6.45) is 5.82. The van der Waals surface area contributed by atoms with Crippen LogP contribution >= 0.6 is 0 Å². The second-order valence-corrected chi connectivity index (χ2v) is 7.62. The standard InChI is InChI=1S/C15H28N2O/c1-14(2,3)18-13-8-12(9-13)17-6-4-15(5-7-17)10-16-11-15/h12-13,16H,4-11H2,1-3H3. The summed E-state index contributed by atoms with van der Waals surface area (Å²) in [5.41, 5.74) is 0.709. The van der Waals surface area contributed by atoms with E-state index in [1.165, 1.54) is 51.9 Å². The molecular weight excluding hydrogens is 224 g/mol. The van der Waals surface area contributed by atoms with Crippen molar-refractivity contribution in [3.63, 3.8) is 0 Å². The second-order valence-electron chi connectivity index (χ2n) is 7.62. The molecule has 3 fully saturated rings. The maximum absolute atomic E-state index is 6.03. The molecule has 3 aliphatic rings. The Balaban J connectivity index is 1.40. The van der Waals surface area contributed by atoms with E-state index in [-0.39, 0.29) is 5.60 Å². The van der Waals surface area contributed by atoms with Crippen LogP contribution in [0.2, 0.25) is 0 Å². The summed E-state index contributed by atoms with van der Waals surface area (Å²) >= 11 is 0. The van der Waals surface area contributed by atoms with Gasteiger partial charge < -0.3 is 15.0 Å². The normalized spacial score (nSPS) is 36.2. The minimum absolute atomic E-state index is 0.0270. The SMILES string of the molecule is CC(C)(C)OC1CC(N2CCC3(CC2)CNC3)C1. The van der Waals surface area contributed by atoms with Gasteiger partial charge in [0.05, 0.1) is 11.7 Å². The lowest BCUT2D eigenvalue weighted by Crippen LogP contribution is -2.61. The number of hydrogen-bond acceptors (Lipinski definition) is 3. The molecule has 1 N–H and O–H groups in total. The molecule has 0 atom stereocenters. The van der Waals surface area contributed by atoms with Gasteiger partial charge in [0.15, 0.2) is 0 Å². The number of rotatable bonds is 2. The van der Waals surface area contributed by atoms with Crippen molar-refractivity contribution in [3.05, 3.63) is 0 Å². The maximum atomic E-state index is 6.03. The molecule has 0 radical (unpaired) electrons. The van der Waals surface area contributed by atoms with E-state index in [0.29, 0.717) is 11.5 Å². The zero-order valence-electron chi connectivity index (χ0n) is 12.2. The molecule has 0 aromatic heterocycles. The fourth-order valence-electron chi connectivity index (χ4n) is 3.63. The van der Waals surface area contributed by atoms with Gasteiger partial charge in [-0.15, -0.1) is 0 Å². The molecule has 1 spiro atoms. The van der Waals surface area contributed by atoms with Crippen LogP contribution in [-0.4, -0.2) is 48.8 Å². The zero-order chi connectivity index (χ0) is 12.8. The smallest absolute Gasteiger partial charge is 0.0612 e. The summed E-state index contributed by atoms with van der Waals surface area (Å²) in [5.74, 6) is 0. The molecule has 0 aromatic rings. The Morgan fingerprint density at radius 3 is 2.17 bits per heavy atom. The Hall–Kier alpha value is -0.120. The predicted octanol–water partition coefficient (Wildman–Crippen LogP) is 2.02. The maximum Gasteiger partial charge on any atom is 0.0612 e. The van der Waals surface area contributed by atoms with Crippen LogP contribution in [0.15, 0.2) is 0 Å². The van der Waals surface area contributed by atoms with Crippen molar-refractivity contribution < 1.29 is 4.74 Å². The Morgan fingerprint density at radius 2 is 1.72 bits per heavy atom. The molecule has 104 valence electrons. The largest absolute Gasteiger partial charge is 0.373 e. The van der Waals surface area contributed by atoms with E-state index in [0.717, 1.165) is 6.04 Å². The van der Waals surface area contributed by atoms with Crippen molar-refractivity contribution in [2.45, 2.75) is 64.2 Å². The average molecular weight is 252 g/mol. The Labute approximate surface area is 111 Å². The van der Waals surface area contributed by atoms with Crippen LogP contribution in [0.4, 0.5) is 0 Å². The minimum atomic E-state index is 0.0270. The van der Waals surface area contributed by atoms with Crippen LogP contribution in [0.25, 0.3) is 0 Å². The van der Waals surface area contributed by atoms with Crippen molar-refractivity contribution in [1.29, 1.82) is 0 Å².